The number of nitrogens with zero attached hydrogens (tertiary/aromatic N) is 3. The lowest BCUT2D eigenvalue weighted by atomic mass is 10.2. The smallest absolute Gasteiger partial charge is 0.352 e. The summed E-state index contributed by atoms with van der Waals surface area (Å²) in [6, 6.07) is 0. The second-order valence-corrected chi connectivity index (χ2v) is 5.31. The summed E-state index contributed by atoms with van der Waals surface area (Å²) in [7, 11) is 0. The van der Waals surface area contributed by atoms with Crippen molar-refractivity contribution in [3.05, 3.63) is 17.0 Å². The Balaban J connectivity index is 2.10. The number of ether oxygens (including phenoxy) is 1. The van der Waals surface area contributed by atoms with Crippen LogP contribution in [0.1, 0.15) is 48.7 Å². The van der Waals surface area contributed by atoms with Gasteiger partial charge in [0, 0.05) is 6.92 Å². The number of hydrogen-bond acceptors (Lipinski definition) is 7. The average molecular weight is 295 g/mol. The fraction of sp³-hybridized carbons (Fsp3) is 0.538. The summed E-state index contributed by atoms with van der Waals surface area (Å²) in [6.07, 6.45) is 4.31. The number of hydrogen-bond donors (Lipinski definition) is 0. The van der Waals surface area contributed by atoms with Crippen molar-refractivity contribution in [2.24, 2.45) is 0 Å². The zero-order chi connectivity index (χ0) is 14.5. The van der Waals surface area contributed by atoms with E-state index in [2.05, 4.69) is 21.5 Å². The largest absolute Gasteiger partial charge is 0.458 e. The lowest BCUT2D eigenvalue weighted by Gasteiger charge is -2.11. The molecular weight excluding hydrogens is 278 g/mol. The highest BCUT2D eigenvalue weighted by Gasteiger charge is 2.22. The van der Waals surface area contributed by atoms with E-state index in [0.29, 0.717) is 22.2 Å². The molecule has 2 rings (SSSR count). The van der Waals surface area contributed by atoms with Gasteiger partial charge in [-0.05, 0) is 24.9 Å². The summed E-state index contributed by atoms with van der Waals surface area (Å²) in [6.45, 7) is 5.72. The molecule has 0 spiro atoms. The quantitative estimate of drug-likeness (QED) is 0.761. The van der Waals surface area contributed by atoms with Crippen molar-refractivity contribution in [1.29, 1.82) is 0 Å². The van der Waals surface area contributed by atoms with Gasteiger partial charge in [-0.2, -0.15) is 0 Å². The van der Waals surface area contributed by atoms with Gasteiger partial charge in [-0.3, -0.25) is 0 Å². The third-order valence-corrected chi connectivity index (χ3v) is 3.51. The number of carbonyl (C=O) groups excluding carboxylic acids is 1. The zero-order valence-electron chi connectivity index (χ0n) is 11.8. The summed E-state index contributed by atoms with van der Waals surface area (Å²) in [4.78, 5) is 16.6. The molecule has 0 aliphatic carbocycles. The van der Waals surface area contributed by atoms with Crippen LogP contribution >= 0.6 is 11.5 Å². The van der Waals surface area contributed by atoms with Gasteiger partial charge < -0.3 is 9.15 Å². The van der Waals surface area contributed by atoms with E-state index in [1.54, 1.807) is 6.92 Å². The first-order valence-corrected chi connectivity index (χ1v) is 7.35. The predicted octanol–water partition coefficient (Wildman–Crippen LogP) is 3.24. The first kappa shape index (κ1) is 14.6. The Morgan fingerprint density at radius 3 is 3.00 bits per heavy atom. The highest BCUT2D eigenvalue weighted by molar-refractivity contribution is 7.08. The Labute approximate surface area is 121 Å². The molecule has 0 N–H and O–H groups in total. The van der Waals surface area contributed by atoms with Gasteiger partial charge in [0.2, 0.25) is 0 Å². The molecule has 0 bridgehead atoms. The third-order valence-electron chi connectivity index (χ3n) is 2.81. The van der Waals surface area contributed by atoms with Gasteiger partial charge in [0.1, 0.15) is 17.7 Å². The van der Waals surface area contributed by atoms with E-state index in [9.17, 15) is 4.79 Å². The van der Waals surface area contributed by atoms with Crippen LogP contribution < -0.4 is 0 Å². The highest BCUT2D eigenvalue weighted by atomic mass is 32.1. The summed E-state index contributed by atoms with van der Waals surface area (Å²) in [5.41, 5.74) is 0.920. The summed E-state index contributed by atoms with van der Waals surface area (Å²) < 4.78 is 14.3. The maximum Gasteiger partial charge on any atom is 0.352 e. The van der Waals surface area contributed by atoms with Gasteiger partial charge in [0.15, 0.2) is 10.8 Å². The van der Waals surface area contributed by atoms with Crippen molar-refractivity contribution in [3.63, 3.8) is 0 Å². The molecule has 7 heteroatoms. The average Bonchev–Trinajstić information content (AvgIpc) is 3.04. The molecule has 0 radical (unpaired) electrons. The number of rotatable bonds is 6. The van der Waals surface area contributed by atoms with Gasteiger partial charge >= 0.3 is 5.97 Å². The van der Waals surface area contributed by atoms with E-state index in [4.69, 9.17) is 9.15 Å². The van der Waals surface area contributed by atoms with Crippen LogP contribution in [0.3, 0.4) is 0 Å². The Hall–Kier alpha value is -1.76. The zero-order valence-corrected chi connectivity index (χ0v) is 12.6. The normalized spacial score (nSPS) is 12.3. The van der Waals surface area contributed by atoms with E-state index < -0.39 is 5.97 Å². The van der Waals surface area contributed by atoms with Crippen LogP contribution in [-0.4, -0.2) is 26.6 Å². The maximum atomic E-state index is 12.1. The van der Waals surface area contributed by atoms with Crippen LogP contribution in [0.2, 0.25) is 0 Å². The van der Waals surface area contributed by atoms with Crippen LogP contribution in [0.15, 0.2) is 10.7 Å². The maximum absolute atomic E-state index is 12.1. The Morgan fingerprint density at radius 2 is 2.35 bits per heavy atom. The van der Waals surface area contributed by atoms with E-state index >= 15 is 0 Å². The minimum absolute atomic E-state index is 0.114. The standard InChI is InChI=1S/C13H17N3O3S/c1-4-5-6-8(2)19-13(17)12-11(15-16-20-12)10-7-18-9(3)14-10/h7-8H,4-6H2,1-3H3. The molecule has 108 valence electrons. The molecule has 0 aliphatic rings. The van der Waals surface area contributed by atoms with Gasteiger partial charge in [-0.25, -0.2) is 9.78 Å². The molecular formula is C13H17N3O3S. The van der Waals surface area contributed by atoms with E-state index in [-0.39, 0.29) is 6.10 Å². The van der Waals surface area contributed by atoms with Crippen LogP contribution in [0.4, 0.5) is 0 Å². The molecule has 1 atom stereocenters. The van der Waals surface area contributed by atoms with Crippen molar-refractivity contribution in [3.8, 4) is 11.4 Å². The first-order valence-electron chi connectivity index (χ1n) is 6.57. The fourth-order valence-electron chi connectivity index (χ4n) is 1.75. The van der Waals surface area contributed by atoms with Crippen LogP contribution in [0.25, 0.3) is 11.4 Å². The van der Waals surface area contributed by atoms with Crippen LogP contribution in [-0.2, 0) is 4.74 Å². The molecule has 0 saturated heterocycles. The topological polar surface area (TPSA) is 78.1 Å². The molecule has 2 aromatic heterocycles. The number of unbranched alkanes of at least 4 members (excludes halogenated alkanes) is 1. The third kappa shape index (κ3) is 3.41. The van der Waals surface area contributed by atoms with Crippen molar-refractivity contribution in [2.75, 3.05) is 0 Å². The fourth-order valence-corrected chi connectivity index (χ4v) is 2.31. The van der Waals surface area contributed by atoms with Crippen molar-refractivity contribution < 1.29 is 13.9 Å². The minimum Gasteiger partial charge on any atom is -0.458 e. The summed E-state index contributed by atoms with van der Waals surface area (Å²) in [5, 5.41) is 3.94. The molecule has 2 heterocycles. The van der Waals surface area contributed by atoms with Gasteiger partial charge in [-0.1, -0.05) is 24.3 Å². The lowest BCUT2D eigenvalue weighted by Crippen LogP contribution is -2.14. The van der Waals surface area contributed by atoms with E-state index in [0.717, 1.165) is 30.8 Å². The molecule has 6 nitrogen and oxygen atoms in total. The molecule has 2 aromatic rings. The van der Waals surface area contributed by atoms with Crippen molar-refractivity contribution >= 4 is 17.5 Å². The Morgan fingerprint density at radius 1 is 1.55 bits per heavy atom. The second-order valence-electron chi connectivity index (χ2n) is 4.56. The van der Waals surface area contributed by atoms with Gasteiger partial charge in [0.25, 0.3) is 0 Å². The number of oxazole rings is 1. The Bertz CT molecular complexity index is 579. The predicted molar refractivity (Wildman–Crippen MR) is 74.5 cm³/mol. The monoisotopic (exact) mass is 295 g/mol. The lowest BCUT2D eigenvalue weighted by molar-refractivity contribution is 0.0327. The molecule has 20 heavy (non-hydrogen) atoms. The molecule has 0 amide bonds. The number of esters is 1. The van der Waals surface area contributed by atoms with Crippen molar-refractivity contribution in [1.82, 2.24) is 14.6 Å². The summed E-state index contributed by atoms with van der Waals surface area (Å²) in [5.74, 6) is 0.114. The number of aromatic nitrogens is 3. The van der Waals surface area contributed by atoms with E-state index in [1.165, 1.54) is 6.26 Å². The molecule has 0 fully saturated rings. The van der Waals surface area contributed by atoms with E-state index in [1.807, 2.05) is 6.92 Å². The summed E-state index contributed by atoms with van der Waals surface area (Å²) >= 11 is 1.01. The minimum atomic E-state index is -0.403. The SMILES string of the molecule is CCCCC(C)OC(=O)c1snnc1-c1coc(C)n1. The van der Waals surface area contributed by atoms with Gasteiger partial charge in [-0.15, -0.1) is 5.10 Å². The molecule has 0 saturated carbocycles. The molecule has 1 unspecified atom stereocenters. The van der Waals surface area contributed by atoms with Gasteiger partial charge in [0.05, 0.1) is 6.10 Å². The Kier molecular flexibility index (Phi) is 4.84. The molecule has 0 aromatic carbocycles. The van der Waals surface area contributed by atoms with Crippen LogP contribution in [0.5, 0.6) is 0 Å². The number of aryl methyl sites for hydroxylation is 1. The molecule has 0 aliphatic heterocycles. The first-order chi connectivity index (χ1) is 9.61. The van der Waals surface area contributed by atoms with Crippen LogP contribution in [0, 0.1) is 6.92 Å². The number of carbonyl (C=O) groups is 1. The van der Waals surface area contributed by atoms with Crippen molar-refractivity contribution in [2.45, 2.75) is 46.1 Å². The highest BCUT2D eigenvalue weighted by Crippen LogP contribution is 2.24. The second kappa shape index (κ2) is 6.60.